The first kappa shape index (κ1) is 38.6. The van der Waals surface area contributed by atoms with Gasteiger partial charge in [0, 0.05) is 38.0 Å². The molecule has 14 nitrogen and oxygen atoms in total. The van der Waals surface area contributed by atoms with Crippen molar-refractivity contribution in [3.05, 3.63) is 71.8 Å². The van der Waals surface area contributed by atoms with Gasteiger partial charge in [-0.2, -0.15) is 0 Å². The van der Waals surface area contributed by atoms with E-state index in [0.29, 0.717) is 16.8 Å². The van der Waals surface area contributed by atoms with Crippen molar-refractivity contribution in [2.45, 2.75) is 83.4 Å². The number of amides is 4. The van der Waals surface area contributed by atoms with Crippen LogP contribution >= 0.6 is 0 Å². The number of nitrogens with one attached hydrogen (secondary N) is 3. The zero-order valence-electron chi connectivity index (χ0n) is 29.7. The molecule has 2 aromatic rings. The smallest absolute Gasteiger partial charge is 0.414 e. The predicted molar refractivity (Wildman–Crippen MR) is 185 cm³/mol. The van der Waals surface area contributed by atoms with Gasteiger partial charge in [0.2, 0.25) is 23.5 Å². The van der Waals surface area contributed by atoms with Gasteiger partial charge in [-0.15, -0.1) is 0 Å². The minimum atomic E-state index is -1.84. The quantitative estimate of drug-likeness (QED) is 0.269. The van der Waals surface area contributed by atoms with E-state index in [1.165, 1.54) is 45.3 Å². The minimum Gasteiger partial charge on any atom is -0.508 e. The number of ketones is 1. The molecule has 274 valence electrons. The topological polar surface area (TPSA) is 190 Å². The van der Waals surface area contributed by atoms with Crippen LogP contribution < -0.4 is 16.0 Å². The van der Waals surface area contributed by atoms with Crippen LogP contribution in [0.5, 0.6) is 5.75 Å². The molecule has 0 bridgehead atoms. The number of hydrogen-bond acceptors (Lipinski definition) is 10. The van der Waals surface area contributed by atoms with Gasteiger partial charge in [0.15, 0.2) is 5.78 Å². The second-order valence-corrected chi connectivity index (χ2v) is 13.3. The number of Topliss-reactive ketones (excluding diaryl/α,β-unsaturated/α-hetero) is 1. The van der Waals surface area contributed by atoms with Gasteiger partial charge in [0.05, 0.1) is 24.3 Å². The maximum Gasteiger partial charge on any atom is 0.414 e. The number of cyclic esters (lactones) is 2. The summed E-state index contributed by atoms with van der Waals surface area (Å²) >= 11 is 0. The van der Waals surface area contributed by atoms with Gasteiger partial charge in [-0.3, -0.25) is 29.3 Å². The highest BCUT2D eigenvalue weighted by Crippen LogP contribution is 2.41. The molecular formula is C37H46N4O10. The number of aromatic hydroxyl groups is 1. The number of nitrogens with zero attached hydrogens (tertiary/aromatic N) is 1. The zero-order chi connectivity index (χ0) is 37.6. The fourth-order valence-electron chi connectivity index (χ4n) is 6.42. The van der Waals surface area contributed by atoms with Gasteiger partial charge in [-0.25, -0.2) is 4.79 Å². The van der Waals surface area contributed by atoms with Gasteiger partial charge < -0.3 is 34.9 Å². The Bertz CT molecular complexity index is 1680. The van der Waals surface area contributed by atoms with Crippen LogP contribution in [0.25, 0.3) is 0 Å². The lowest BCUT2D eigenvalue weighted by atomic mass is 9.90. The number of carbonyl (C=O) groups excluding carboxylic acids is 6. The Kier molecular flexibility index (Phi) is 12.2. The Morgan fingerprint density at radius 2 is 1.59 bits per heavy atom. The molecule has 1 fully saturated rings. The number of ether oxygens (including phenoxy) is 3. The molecular weight excluding hydrogens is 660 g/mol. The van der Waals surface area contributed by atoms with E-state index in [4.69, 9.17) is 14.2 Å². The van der Waals surface area contributed by atoms with Crippen molar-refractivity contribution in [3.8, 4) is 5.75 Å². The van der Waals surface area contributed by atoms with Crippen molar-refractivity contribution < 1.29 is 48.1 Å². The normalized spacial score (nSPS) is 28.9. The van der Waals surface area contributed by atoms with Gasteiger partial charge in [-0.05, 0) is 56.0 Å². The monoisotopic (exact) mass is 706 g/mol. The highest BCUT2D eigenvalue weighted by Gasteiger charge is 2.48. The van der Waals surface area contributed by atoms with Crippen molar-refractivity contribution in [1.82, 2.24) is 15.5 Å². The Hall–Kier alpha value is -5.24. The van der Waals surface area contributed by atoms with Crippen molar-refractivity contribution >= 4 is 41.3 Å². The standard InChI is InChI=1S/C37H46N4O10/c1-20-16-22(3)33(45)38-24(5)35(47)41(6)30(19-37(49-7)27-10-8-9-11-28(27)40-36(48)51-37)34(46)39-29(25-12-14-26(42)15-13-25)18-31(43)50-23(4)17-21(2)32(20)44/h8-15,21-24,29-30,42H,1,16-19H2,2-7H3,(H,38,45)(H,39,46)(H,40,48)/t21-,22+,23+,24+,29-,30-,37?/m1/s1. The summed E-state index contributed by atoms with van der Waals surface area (Å²) in [4.78, 5) is 82.0. The first-order chi connectivity index (χ1) is 24.0. The molecule has 0 saturated carbocycles. The van der Waals surface area contributed by atoms with Crippen molar-refractivity contribution in [1.29, 1.82) is 0 Å². The molecule has 1 saturated heterocycles. The number of carbonyl (C=O) groups is 6. The average Bonchev–Trinajstić information content (AvgIpc) is 3.08. The molecule has 14 heteroatoms. The molecule has 4 amide bonds. The third-order valence-corrected chi connectivity index (χ3v) is 9.27. The number of hydrogen-bond donors (Lipinski definition) is 4. The molecule has 2 heterocycles. The molecule has 4 N–H and O–H groups in total. The van der Waals surface area contributed by atoms with Gasteiger partial charge in [-0.1, -0.05) is 50.8 Å². The van der Waals surface area contributed by atoms with Crippen LogP contribution in [-0.4, -0.2) is 77.9 Å². The molecule has 1 unspecified atom stereocenters. The number of methoxy groups -OCH3 is 1. The fourth-order valence-corrected chi connectivity index (χ4v) is 6.42. The maximum absolute atomic E-state index is 14.4. The largest absolute Gasteiger partial charge is 0.508 e. The van der Waals surface area contributed by atoms with E-state index < -0.39 is 71.6 Å². The predicted octanol–water partition coefficient (Wildman–Crippen LogP) is 3.85. The number of rotatable bonds is 4. The molecule has 2 aromatic carbocycles. The maximum atomic E-state index is 14.4. The number of allylic oxidation sites excluding steroid dienone is 1. The van der Waals surface area contributed by atoms with E-state index in [-0.39, 0.29) is 42.8 Å². The molecule has 51 heavy (non-hydrogen) atoms. The average molecular weight is 707 g/mol. The molecule has 0 radical (unpaired) electrons. The van der Waals surface area contributed by atoms with Crippen LogP contribution in [0.15, 0.2) is 60.7 Å². The van der Waals surface area contributed by atoms with E-state index in [2.05, 4.69) is 22.5 Å². The Morgan fingerprint density at radius 3 is 2.25 bits per heavy atom. The summed E-state index contributed by atoms with van der Waals surface area (Å²) in [5.74, 6) is -6.03. The number of para-hydroxylation sites is 1. The van der Waals surface area contributed by atoms with E-state index in [9.17, 15) is 33.9 Å². The summed E-state index contributed by atoms with van der Waals surface area (Å²) in [6.07, 6.45) is -2.04. The number of likely N-dealkylation sites (N-methyl/N-ethyl adjacent to an activating group) is 1. The lowest BCUT2D eigenvalue weighted by molar-refractivity contribution is -0.206. The highest BCUT2D eigenvalue weighted by molar-refractivity contribution is 5.97. The van der Waals surface area contributed by atoms with E-state index in [0.717, 1.165) is 4.90 Å². The van der Waals surface area contributed by atoms with Crippen molar-refractivity contribution in [3.63, 3.8) is 0 Å². The first-order valence-electron chi connectivity index (χ1n) is 16.8. The van der Waals surface area contributed by atoms with E-state index >= 15 is 0 Å². The van der Waals surface area contributed by atoms with Crippen molar-refractivity contribution in [2.24, 2.45) is 11.8 Å². The summed E-state index contributed by atoms with van der Waals surface area (Å²) < 4.78 is 17.2. The fraction of sp³-hybridized carbons (Fsp3) is 0.459. The minimum absolute atomic E-state index is 0.0361. The van der Waals surface area contributed by atoms with E-state index in [1.54, 1.807) is 45.0 Å². The van der Waals surface area contributed by atoms with Gasteiger partial charge in [0.25, 0.3) is 0 Å². The Morgan fingerprint density at radius 1 is 0.922 bits per heavy atom. The van der Waals surface area contributed by atoms with Gasteiger partial charge >= 0.3 is 12.1 Å². The number of anilines is 1. The SMILES string of the molecule is C=C1C[C@H](C)C(=O)N[C@@H](C)C(=O)N(C)[C@H](CC2(OC)OC(=O)Nc3ccccc32)C(=O)N[C@@H](c2ccc(O)cc2)CC(=O)O[C@@H](C)C[C@@H](C)C1=O. The third-order valence-electron chi connectivity index (χ3n) is 9.27. The second-order valence-electron chi connectivity index (χ2n) is 13.3. The third kappa shape index (κ3) is 9.11. The lowest BCUT2D eigenvalue weighted by Crippen LogP contribution is -2.57. The molecule has 0 aliphatic carbocycles. The summed E-state index contributed by atoms with van der Waals surface area (Å²) in [7, 11) is 2.67. The number of fused-ring (bicyclic) bond motifs is 1. The number of phenols is 1. The summed E-state index contributed by atoms with van der Waals surface area (Å²) in [6, 6.07) is 9.01. The molecule has 7 atom stereocenters. The van der Waals surface area contributed by atoms with Crippen molar-refractivity contribution in [2.75, 3.05) is 19.5 Å². The molecule has 2 aliphatic heterocycles. The molecule has 2 aliphatic rings. The highest BCUT2D eigenvalue weighted by atomic mass is 16.7. The van der Waals surface area contributed by atoms with Crippen LogP contribution in [0.1, 0.15) is 70.5 Å². The number of benzene rings is 2. The molecule has 0 spiro atoms. The Labute approximate surface area is 296 Å². The van der Waals surface area contributed by atoms with Crippen LogP contribution in [0.3, 0.4) is 0 Å². The summed E-state index contributed by atoms with van der Waals surface area (Å²) in [5.41, 5.74) is 1.44. The Balaban J connectivity index is 1.78. The molecule has 0 aromatic heterocycles. The van der Waals surface area contributed by atoms with Crippen LogP contribution in [-0.2, 0) is 44.0 Å². The van der Waals surface area contributed by atoms with Crippen LogP contribution in [0.2, 0.25) is 0 Å². The van der Waals surface area contributed by atoms with Gasteiger partial charge in [0.1, 0.15) is 17.8 Å². The zero-order valence-corrected chi connectivity index (χ0v) is 29.7. The first-order valence-corrected chi connectivity index (χ1v) is 16.8. The van der Waals surface area contributed by atoms with Crippen LogP contribution in [0.4, 0.5) is 10.5 Å². The number of phenolic OH excluding ortho intramolecular Hbond substituents is 1. The summed E-state index contributed by atoms with van der Waals surface area (Å²) in [6.45, 7) is 10.3. The number of esters is 1. The lowest BCUT2D eigenvalue weighted by Gasteiger charge is -2.41. The summed E-state index contributed by atoms with van der Waals surface area (Å²) in [5, 5.41) is 18.1. The second kappa shape index (κ2) is 16.2. The molecule has 4 rings (SSSR count). The van der Waals surface area contributed by atoms with Crippen LogP contribution in [0, 0.1) is 11.8 Å². The van der Waals surface area contributed by atoms with E-state index in [1.807, 2.05) is 0 Å².